The van der Waals surface area contributed by atoms with Gasteiger partial charge in [0.25, 0.3) is 0 Å². The van der Waals surface area contributed by atoms with Crippen molar-refractivity contribution in [1.82, 2.24) is 10.2 Å². The summed E-state index contributed by atoms with van der Waals surface area (Å²) in [5.41, 5.74) is 2.22. The van der Waals surface area contributed by atoms with E-state index in [2.05, 4.69) is 10.2 Å². The lowest BCUT2D eigenvalue weighted by Crippen LogP contribution is -2.50. The second-order valence-corrected chi connectivity index (χ2v) is 10.5. The Morgan fingerprint density at radius 3 is 1.95 bits per heavy atom. The number of rotatable bonds is 12. The molecule has 0 bridgehead atoms. The summed E-state index contributed by atoms with van der Waals surface area (Å²) in [6.07, 6.45) is 1.92. The number of ether oxygens (including phenoxy) is 2. The number of piperidine rings is 1. The summed E-state index contributed by atoms with van der Waals surface area (Å²) in [6, 6.07) is 19.2. The Morgan fingerprint density at radius 2 is 1.43 bits per heavy atom. The van der Waals surface area contributed by atoms with Gasteiger partial charge in [0.2, 0.25) is 0 Å². The van der Waals surface area contributed by atoms with E-state index in [1.807, 2.05) is 13.1 Å². The first-order valence-electron chi connectivity index (χ1n) is 13.9. The molecule has 3 aromatic carbocycles. The minimum absolute atomic E-state index is 0.0732. The third kappa shape index (κ3) is 6.60. The SMILES string of the molecule is CNCCCCN1C[C@H](C(=O)c2cccc(OC)c2)[C@@H](c2cccc(F)c2C)[C@H](C(=O)c2cccc(OC)c2)C1. The highest BCUT2D eigenvalue weighted by atomic mass is 19.1. The van der Waals surface area contributed by atoms with E-state index >= 15 is 0 Å². The van der Waals surface area contributed by atoms with E-state index in [9.17, 15) is 14.0 Å². The van der Waals surface area contributed by atoms with Crippen molar-refractivity contribution in [3.05, 3.63) is 94.8 Å². The molecule has 1 aliphatic heterocycles. The Bertz CT molecular complexity index is 1260. The highest BCUT2D eigenvalue weighted by Gasteiger charge is 2.45. The van der Waals surface area contributed by atoms with Gasteiger partial charge in [0.05, 0.1) is 14.2 Å². The number of Topliss-reactive ketones (excluding diaryl/α,β-unsaturated/α-hetero) is 2. The molecule has 0 spiro atoms. The van der Waals surface area contributed by atoms with E-state index in [4.69, 9.17) is 9.47 Å². The minimum Gasteiger partial charge on any atom is -0.497 e. The van der Waals surface area contributed by atoms with Crippen LogP contribution in [-0.4, -0.2) is 63.9 Å². The zero-order chi connectivity index (χ0) is 28.6. The highest BCUT2D eigenvalue weighted by molar-refractivity contribution is 6.02. The molecule has 0 unspecified atom stereocenters. The Hall–Kier alpha value is -3.55. The van der Waals surface area contributed by atoms with E-state index in [1.54, 1.807) is 75.7 Å². The normalized spacial score (nSPS) is 19.3. The molecule has 0 radical (unpaired) electrons. The smallest absolute Gasteiger partial charge is 0.167 e. The van der Waals surface area contributed by atoms with E-state index in [-0.39, 0.29) is 17.4 Å². The van der Waals surface area contributed by atoms with Crippen molar-refractivity contribution < 1.29 is 23.5 Å². The lowest BCUT2D eigenvalue weighted by molar-refractivity contribution is 0.0568. The molecular weight excluding hydrogens is 507 g/mol. The van der Waals surface area contributed by atoms with E-state index in [1.165, 1.54) is 6.07 Å². The van der Waals surface area contributed by atoms with Crippen LogP contribution < -0.4 is 14.8 Å². The molecule has 1 heterocycles. The van der Waals surface area contributed by atoms with Gasteiger partial charge >= 0.3 is 0 Å². The first kappa shape index (κ1) is 29.4. The largest absolute Gasteiger partial charge is 0.497 e. The maximum atomic E-state index is 14.9. The van der Waals surface area contributed by atoms with Crippen LogP contribution in [0.4, 0.5) is 4.39 Å². The number of unbranched alkanes of at least 4 members (excludes halogenated alkanes) is 1. The quantitative estimate of drug-likeness (QED) is 0.237. The lowest BCUT2D eigenvalue weighted by atomic mass is 9.67. The molecule has 0 aromatic heterocycles. The van der Waals surface area contributed by atoms with Gasteiger partial charge in [-0.25, -0.2) is 4.39 Å². The van der Waals surface area contributed by atoms with Crippen LogP contribution in [0.15, 0.2) is 66.7 Å². The second kappa shape index (κ2) is 13.7. The van der Waals surface area contributed by atoms with Gasteiger partial charge in [-0.3, -0.25) is 9.59 Å². The van der Waals surface area contributed by atoms with Crippen molar-refractivity contribution >= 4 is 11.6 Å². The second-order valence-electron chi connectivity index (χ2n) is 10.5. The lowest BCUT2D eigenvalue weighted by Gasteiger charge is -2.43. The number of benzene rings is 3. The molecular formula is C33H39FN2O4. The summed E-state index contributed by atoms with van der Waals surface area (Å²) in [6.45, 7) is 4.36. The molecule has 212 valence electrons. The van der Waals surface area contributed by atoms with Crippen molar-refractivity contribution in [1.29, 1.82) is 0 Å². The first-order chi connectivity index (χ1) is 19.4. The fourth-order valence-corrected chi connectivity index (χ4v) is 5.85. The zero-order valence-corrected chi connectivity index (χ0v) is 23.8. The van der Waals surface area contributed by atoms with Crippen molar-refractivity contribution in [2.75, 3.05) is 47.4 Å². The summed E-state index contributed by atoms with van der Waals surface area (Å²) in [5, 5.41) is 3.18. The predicted octanol–water partition coefficient (Wildman–Crippen LogP) is 5.55. The number of carbonyl (C=O) groups is 2. The van der Waals surface area contributed by atoms with Crippen molar-refractivity contribution in [3.8, 4) is 11.5 Å². The molecule has 7 heteroatoms. The molecule has 1 fully saturated rings. The van der Waals surface area contributed by atoms with Crippen molar-refractivity contribution in [2.45, 2.75) is 25.7 Å². The van der Waals surface area contributed by atoms with Crippen LogP contribution in [0.25, 0.3) is 0 Å². The number of methoxy groups -OCH3 is 2. The van der Waals surface area contributed by atoms with Crippen molar-refractivity contribution in [3.63, 3.8) is 0 Å². The first-order valence-corrected chi connectivity index (χ1v) is 13.9. The molecule has 1 N–H and O–H groups in total. The fourth-order valence-electron chi connectivity index (χ4n) is 5.85. The Labute approximate surface area is 236 Å². The van der Waals surface area contributed by atoms with Gasteiger partial charge in [-0.1, -0.05) is 36.4 Å². The number of likely N-dealkylation sites (tertiary alicyclic amines) is 1. The van der Waals surface area contributed by atoms with Crippen LogP contribution in [0.5, 0.6) is 11.5 Å². The minimum atomic E-state index is -0.551. The molecule has 40 heavy (non-hydrogen) atoms. The third-order valence-corrected chi connectivity index (χ3v) is 7.98. The summed E-state index contributed by atoms with van der Waals surface area (Å²) in [4.78, 5) is 30.7. The van der Waals surface area contributed by atoms with Gasteiger partial charge in [0, 0.05) is 42.0 Å². The number of halogens is 1. The number of carbonyl (C=O) groups excluding carboxylic acids is 2. The van der Waals surface area contributed by atoms with Gasteiger partial charge in [-0.2, -0.15) is 0 Å². The average Bonchev–Trinajstić information content (AvgIpc) is 2.99. The molecule has 3 atom stereocenters. The summed E-state index contributed by atoms with van der Waals surface area (Å²) in [5.74, 6) is -0.905. The standard InChI is InChI=1S/C33H39FN2O4/c1-22-27(14-9-15-30(22)34)31-28(32(37)23-10-7-12-25(18-23)39-3)20-36(17-6-5-16-35-2)21-29(31)33(38)24-11-8-13-26(19-24)40-4/h7-15,18-19,28-29,31,35H,5-6,16-17,20-21H2,1-4H3/t28-,29+,31+. The van der Waals surface area contributed by atoms with Crippen LogP contribution in [-0.2, 0) is 0 Å². The fraction of sp³-hybridized carbons (Fsp3) is 0.394. The average molecular weight is 547 g/mol. The van der Waals surface area contributed by atoms with E-state index < -0.39 is 17.8 Å². The molecule has 1 saturated heterocycles. The predicted molar refractivity (Wildman–Crippen MR) is 155 cm³/mol. The molecule has 1 aliphatic rings. The van der Waals surface area contributed by atoms with Gasteiger partial charge < -0.3 is 19.7 Å². The van der Waals surface area contributed by atoms with Crippen LogP contribution in [0.1, 0.15) is 50.6 Å². The number of hydrogen-bond donors (Lipinski definition) is 1. The van der Waals surface area contributed by atoms with Crippen LogP contribution in [0.3, 0.4) is 0 Å². The maximum Gasteiger partial charge on any atom is 0.167 e. The van der Waals surface area contributed by atoms with Crippen molar-refractivity contribution in [2.24, 2.45) is 11.8 Å². The molecule has 4 rings (SSSR count). The van der Waals surface area contributed by atoms with Gasteiger partial charge in [0.1, 0.15) is 17.3 Å². The third-order valence-electron chi connectivity index (χ3n) is 7.98. The summed E-state index contributed by atoms with van der Waals surface area (Å²) >= 11 is 0. The Morgan fingerprint density at radius 1 is 0.875 bits per heavy atom. The van der Waals surface area contributed by atoms with Gasteiger partial charge in [-0.15, -0.1) is 0 Å². The highest BCUT2D eigenvalue weighted by Crippen LogP contribution is 2.42. The van der Waals surface area contributed by atoms with Gasteiger partial charge in [-0.05, 0) is 81.4 Å². The number of nitrogens with one attached hydrogen (secondary N) is 1. The number of nitrogens with zero attached hydrogens (tertiary/aromatic N) is 1. The zero-order valence-electron chi connectivity index (χ0n) is 23.8. The molecule has 0 aliphatic carbocycles. The number of hydrogen-bond acceptors (Lipinski definition) is 6. The topological polar surface area (TPSA) is 67.9 Å². The van der Waals surface area contributed by atoms with Gasteiger partial charge in [0.15, 0.2) is 11.6 Å². The summed E-state index contributed by atoms with van der Waals surface area (Å²) in [7, 11) is 5.07. The Balaban J connectivity index is 1.81. The molecule has 3 aromatic rings. The molecule has 6 nitrogen and oxygen atoms in total. The summed E-state index contributed by atoms with van der Waals surface area (Å²) < 4.78 is 25.7. The van der Waals surface area contributed by atoms with Crippen LogP contribution >= 0.6 is 0 Å². The maximum absolute atomic E-state index is 14.9. The van der Waals surface area contributed by atoms with Crippen LogP contribution in [0, 0.1) is 24.6 Å². The molecule has 0 saturated carbocycles. The Kier molecular flexibility index (Phi) is 10.1. The van der Waals surface area contributed by atoms with Crippen LogP contribution in [0.2, 0.25) is 0 Å². The number of ketones is 2. The monoisotopic (exact) mass is 546 g/mol. The van der Waals surface area contributed by atoms with E-state index in [0.29, 0.717) is 46.8 Å². The van der Waals surface area contributed by atoms with E-state index in [0.717, 1.165) is 25.9 Å². The molecule has 0 amide bonds.